The van der Waals surface area contributed by atoms with Crippen LogP contribution in [0.4, 0.5) is 0 Å². The van der Waals surface area contributed by atoms with Gasteiger partial charge in [0.25, 0.3) is 0 Å². The smallest absolute Gasteiger partial charge is 0.191 e. The Morgan fingerprint density at radius 1 is 1.14 bits per heavy atom. The summed E-state index contributed by atoms with van der Waals surface area (Å²) in [7, 11) is 0. The molecule has 0 radical (unpaired) electrons. The highest BCUT2D eigenvalue weighted by Gasteiger charge is 2.24. The maximum Gasteiger partial charge on any atom is 0.191 e. The Bertz CT molecular complexity index is 712. The maximum absolute atomic E-state index is 10.8. The molecule has 1 aromatic heterocycles. The van der Waals surface area contributed by atoms with Crippen LogP contribution in [0.1, 0.15) is 57.6 Å². The van der Waals surface area contributed by atoms with Crippen molar-refractivity contribution < 1.29 is 5.11 Å². The first-order valence-corrected chi connectivity index (χ1v) is 10.4. The molecule has 1 heterocycles. The molecule has 7 heteroatoms. The second-order valence-corrected chi connectivity index (χ2v) is 7.33. The Morgan fingerprint density at radius 2 is 1.86 bits per heavy atom. The fourth-order valence-corrected chi connectivity index (χ4v) is 3.41. The molecule has 0 saturated carbocycles. The minimum Gasteiger partial charge on any atom is -0.388 e. The molecule has 0 atom stereocenters. The van der Waals surface area contributed by atoms with Gasteiger partial charge in [-0.05, 0) is 30.9 Å². The number of nitrogens with one attached hydrogen (secondary N) is 2. The molecule has 1 aromatic carbocycles. The van der Waals surface area contributed by atoms with E-state index in [-0.39, 0.29) is 24.0 Å². The maximum atomic E-state index is 10.8. The van der Waals surface area contributed by atoms with Crippen LogP contribution in [0.25, 0.3) is 0 Å². The second-order valence-electron chi connectivity index (χ2n) is 7.33. The largest absolute Gasteiger partial charge is 0.388 e. The van der Waals surface area contributed by atoms with E-state index in [1.807, 2.05) is 19.4 Å². The lowest BCUT2D eigenvalue weighted by Crippen LogP contribution is -2.47. The SMILES string of the molecule is CCCC(O)(CCC)CNC(=NCc1cccc(Cn2ccnc2)c1)NCC.I. The Hall–Kier alpha value is -1.61. The van der Waals surface area contributed by atoms with Crippen molar-refractivity contribution in [3.05, 3.63) is 54.1 Å². The minimum absolute atomic E-state index is 0. The number of guanidine groups is 1. The highest BCUT2D eigenvalue weighted by atomic mass is 127. The van der Waals surface area contributed by atoms with Crippen molar-refractivity contribution >= 4 is 29.9 Å². The first-order valence-electron chi connectivity index (χ1n) is 10.4. The van der Waals surface area contributed by atoms with Crippen LogP contribution < -0.4 is 10.6 Å². The zero-order valence-electron chi connectivity index (χ0n) is 17.9. The zero-order valence-corrected chi connectivity index (χ0v) is 20.2. The molecule has 0 bridgehead atoms. The summed E-state index contributed by atoms with van der Waals surface area (Å²) < 4.78 is 2.05. The average molecular weight is 513 g/mol. The first-order chi connectivity index (χ1) is 13.6. The van der Waals surface area contributed by atoms with Gasteiger partial charge in [-0.3, -0.25) is 0 Å². The number of rotatable bonds is 11. The van der Waals surface area contributed by atoms with E-state index in [9.17, 15) is 5.11 Å². The number of aliphatic imine (C=N–C) groups is 1. The summed E-state index contributed by atoms with van der Waals surface area (Å²) in [6.07, 6.45) is 9.11. The number of hydrogen-bond acceptors (Lipinski definition) is 3. The number of hydrogen-bond donors (Lipinski definition) is 3. The lowest BCUT2D eigenvalue weighted by atomic mass is 9.93. The molecule has 0 aliphatic heterocycles. The summed E-state index contributed by atoms with van der Waals surface area (Å²) in [4.78, 5) is 8.80. The molecule has 0 spiro atoms. The van der Waals surface area contributed by atoms with Crippen molar-refractivity contribution in [2.75, 3.05) is 13.1 Å². The van der Waals surface area contributed by atoms with Gasteiger partial charge in [-0.1, -0.05) is 51.0 Å². The lowest BCUT2D eigenvalue weighted by molar-refractivity contribution is 0.0257. The van der Waals surface area contributed by atoms with E-state index >= 15 is 0 Å². The molecule has 3 N–H and O–H groups in total. The first kappa shape index (κ1) is 25.4. The number of aromatic nitrogens is 2. The fourth-order valence-electron chi connectivity index (χ4n) is 3.41. The second kappa shape index (κ2) is 13.6. The minimum atomic E-state index is -0.676. The summed E-state index contributed by atoms with van der Waals surface area (Å²) in [6, 6.07) is 8.46. The molecule has 162 valence electrons. The van der Waals surface area contributed by atoms with Gasteiger partial charge in [0.05, 0.1) is 18.5 Å². The molecule has 29 heavy (non-hydrogen) atoms. The van der Waals surface area contributed by atoms with Crippen molar-refractivity contribution in [2.24, 2.45) is 4.99 Å². The quantitative estimate of drug-likeness (QED) is 0.242. The predicted octanol–water partition coefficient (Wildman–Crippen LogP) is 3.94. The van der Waals surface area contributed by atoms with Gasteiger partial charge in [0.15, 0.2) is 5.96 Å². The van der Waals surface area contributed by atoms with Gasteiger partial charge in [-0.2, -0.15) is 0 Å². The van der Waals surface area contributed by atoms with Crippen LogP contribution in [0.5, 0.6) is 0 Å². The van der Waals surface area contributed by atoms with Crippen molar-refractivity contribution in [2.45, 2.75) is 65.1 Å². The van der Waals surface area contributed by atoms with Gasteiger partial charge in [0, 0.05) is 32.0 Å². The van der Waals surface area contributed by atoms with E-state index in [4.69, 9.17) is 4.99 Å². The van der Waals surface area contributed by atoms with Crippen LogP contribution in [0.3, 0.4) is 0 Å². The third-order valence-electron chi connectivity index (χ3n) is 4.70. The Balaban J connectivity index is 0.00000420. The third kappa shape index (κ3) is 9.16. The Labute approximate surface area is 192 Å². The lowest BCUT2D eigenvalue weighted by Gasteiger charge is -2.28. The van der Waals surface area contributed by atoms with E-state index in [0.29, 0.717) is 13.1 Å². The van der Waals surface area contributed by atoms with Crippen LogP contribution in [0, 0.1) is 0 Å². The Kier molecular flexibility index (Phi) is 11.9. The summed E-state index contributed by atoms with van der Waals surface area (Å²) in [5, 5.41) is 17.4. The monoisotopic (exact) mass is 513 g/mol. The van der Waals surface area contributed by atoms with E-state index in [0.717, 1.165) is 50.3 Å². The molecular weight excluding hydrogens is 477 g/mol. The van der Waals surface area contributed by atoms with Crippen LogP contribution in [-0.4, -0.2) is 39.3 Å². The van der Waals surface area contributed by atoms with Crippen LogP contribution in [0.2, 0.25) is 0 Å². The van der Waals surface area contributed by atoms with Gasteiger partial charge >= 0.3 is 0 Å². The predicted molar refractivity (Wildman–Crippen MR) is 131 cm³/mol. The van der Waals surface area contributed by atoms with E-state index in [1.54, 1.807) is 6.20 Å². The van der Waals surface area contributed by atoms with E-state index in [2.05, 4.69) is 58.3 Å². The standard InChI is InChI=1S/C22H35N5O.HI/c1-4-10-22(28,11-5-2)17-26-21(24-6-3)25-15-19-8-7-9-20(14-19)16-27-13-12-23-18-27;/h7-9,12-14,18,28H,4-6,10-11,15-17H2,1-3H3,(H2,24,25,26);1H. The molecule has 2 aromatic rings. The van der Waals surface area contributed by atoms with E-state index < -0.39 is 5.60 Å². The molecule has 0 aliphatic rings. The Morgan fingerprint density at radius 3 is 2.48 bits per heavy atom. The molecule has 0 aliphatic carbocycles. The summed E-state index contributed by atoms with van der Waals surface area (Å²) in [5.41, 5.74) is 1.71. The molecule has 2 rings (SSSR count). The summed E-state index contributed by atoms with van der Waals surface area (Å²) in [6.45, 7) is 8.96. The summed E-state index contributed by atoms with van der Waals surface area (Å²) >= 11 is 0. The van der Waals surface area contributed by atoms with Crippen molar-refractivity contribution in [3.8, 4) is 0 Å². The van der Waals surface area contributed by atoms with Gasteiger partial charge in [0.2, 0.25) is 0 Å². The number of benzene rings is 1. The molecule has 6 nitrogen and oxygen atoms in total. The summed E-state index contributed by atoms with van der Waals surface area (Å²) in [5.74, 6) is 0.744. The van der Waals surface area contributed by atoms with E-state index in [1.165, 1.54) is 5.56 Å². The number of aliphatic hydroxyl groups is 1. The average Bonchev–Trinajstić information content (AvgIpc) is 3.18. The van der Waals surface area contributed by atoms with Crippen LogP contribution in [0.15, 0.2) is 48.0 Å². The van der Waals surface area contributed by atoms with Crippen molar-refractivity contribution in [1.29, 1.82) is 0 Å². The van der Waals surface area contributed by atoms with Gasteiger partial charge in [0.1, 0.15) is 0 Å². The van der Waals surface area contributed by atoms with Crippen LogP contribution in [-0.2, 0) is 13.1 Å². The molecule has 0 amide bonds. The highest BCUT2D eigenvalue weighted by molar-refractivity contribution is 14.0. The number of imidazole rings is 1. The van der Waals surface area contributed by atoms with Crippen molar-refractivity contribution in [1.82, 2.24) is 20.2 Å². The van der Waals surface area contributed by atoms with Crippen molar-refractivity contribution in [3.63, 3.8) is 0 Å². The van der Waals surface area contributed by atoms with Crippen LogP contribution >= 0.6 is 24.0 Å². The molecule has 0 saturated heterocycles. The number of halogens is 1. The number of nitrogens with zero attached hydrogens (tertiary/aromatic N) is 3. The van der Waals surface area contributed by atoms with Gasteiger partial charge < -0.3 is 20.3 Å². The third-order valence-corrected chi connectivity index (χ3v) is 4.70. The molecule has 0 unspecified atom stereocenters. The fraction of sp³-hybridized carbons (Fsp3) is 0.545. The topological polar surface area (TPSA) is 74.5 Å². The normalized spacial score (nSPS) is 11.8. The molecule has 0 fully saturated rings. The zero-order chi connectivity index (χ0) is 20.2. The molecular formula is C22H36IN5O. The van der Waals surface area contributed by atoms with Gasteiger partial charge in [-0.15, -0.1) is 24.0 Å². The highest BCUT2D eigenvalue weighted by Crippen LogP contribution is 2.18. The van der Waals surface area contributed by atoms with Gasteiger partial charge in [-0.25, -0.2) is 9.98 Å².